The van der Waals surface area contributed by atoms with E-state index in [1.807, 2.05) is 13.8 Å². The third-order valence-electron chi connectivity index (χ3n) is 4.63. The normalized spacial score (nSPS) is 12.6. The van der Waals surface area contributed by atoms with Crippen molar-refractivity contribution < 1.29 is 17.9 Å². The zero-order valence-electron chi connectivity index (χ0n) is 15.6. The van der Waals surface area contributed by atoms with E-state index < -0.39 is 23.0 Å². The number of carbonyl (C=O) groups is 1. The zero-order chi connectivity index (χ0) is 20.6. The number of hydrogen-bond acceptors (Lipinski definition) is 3. The molecular formula is C20H19FN3O3S-. The highest BCUT2D eigenvalue weighted by Gasteiger charge is 2.21. The predicted octanol–water partition coefficient (Wildman–Crippen LogP) is 3.82. The minimum Gasteiger partial charge on any atom is -0.755 e. The van der Waals surface area contributed by atoms with Gasteiger partial charge in [-0.1, -0.05) is 18.2 Å². The summed E-state index contributed by atoms with van der Waals surface area (Å²) in [5.74, 6) is -1.34. The fourth-order valence-electron chi connectivity index (χ4n) is 3.26. The van der Waals surface area contributed by atoms with Crippen LogP contribution in [0.1, 0.15) is 28.5 Å². The molecule has 3 rings (SSSR count). The van der Waals surface area contributed by atoms with E-state index in [4.69, 9.17) is 5.73 Å². The number of allylic oxidation sites excluding steroid dienone is 1. The number of fused-ring (bicyclic) bond motifs is 1. The van der Waals surface area contributed by atoms with Crippen LogP contribution in [0, 0.1) is 19.7 Å². The summed E-state index contributed by atoms with van der Waals surface area (Å²) in [5, 5.41) is 0.546. The average molecular weight is 400 g/mol. The Morgan fingerprint density at radius 1 is 1.32 bits per heavy atom. The summed E-state index contributed by atoms with van der Waals surface area (Å²) in [4.78, 5) is 14.9. The van der Waals surface area contributed by atoms with Gasteiger partial charge in [0.2, 0.25) is 0 Å². The van der Waals surface area contributed by atoms with Crippen molar-refractivity contribution in [1.29, 1.82) is 0 Å². The molecule has 0 aliphatic rings. The largest absolute Gasteiger partial charge is 0.755 e. The van der Waals surface area contributed by atoms with Crippen molar-refractivity contribution in [2.24, 2.45) is 5.73 Å². The van der Waals surface area contributed by atoms with Gasteiger partial charge in [-0.15, -0.1) is 0 Å². The molecule has 1 atom stereocenters. The molecule has 28 heavy (non-hydrogen) atoms. The van der Waals surface area contributed by atoms with Crippen molar-refractivity contribution >= 4 is 33.8 Å². The third kappa shape index (κ3) is 3.32. The molecule has 1 heterocycles. The number of aryl methyl sites for hydroxylation is 2. The topological polar surface area (TPSA) is 102 Å². The van der Waals surface area contributed by atoms with Gasteiger partial charge in [0.05, 0.1) is 28.0 Å². The number of nitrogens with one attached hydrogen (secondary N) is 1. The van der Waals surface area contributed by atoms with Gasteiger partial charge in [0.25, 0.3) is 5.91 Å². The Bertz CT molecular complexity index is 1140. The molecule has 6 nitrogen and oxygen atoms in total. The maximum absolute atomic E-state index is 15.1. The number of nitrogens with two attached hydrogens (primary N) is 1. The first-order chi connectivity index (χ1) is 13.3. The number of aromatic amines is 1. The van der Waals surface area contributed by atoms with Gasteiger partial charge in [-0.05, 0) is 50.1 Å². The number of halogens is 1. The molecule has 3 N–H and O–H groups in total. The van der Waals surface area contributed by atoms with Crippen LogP contribution in [0.3, 0.4) is 0 Å². The van der Waals surface area contributed by atoms with E-state index in [-0.39, 0.29) is 11.1 Å². The molecule has 1 amide bonds. The van der Waals surface area contributed by atoms with E-state index in [2.05, 4.69) is 4.98 Å². The van der Waals surface area contributed by atoms with Crippen LogP contribution < -0.4 is 10.0 Å². The molecule has 146 valence electrons. The molecule has 0 spiro atoms. The first-order valence-electron chi connectivity index (χ1n) is 8.49. The van der Waals surface area contributed by atoms with Crippen LogP contribution in [-0.4, -0.2) is 19.7 Å². The number of rotatable bonds is 5. The van der Waals surface area contributed by atoms with Crippen LogP contribution in [0.25, 0.3) is 22.0 Å². The molecule has 0 radical (unpaired) electrons. The SMILES string of the molecule is CC=CN(c1cccc(-c2c(F)cc(C(N)=O)c3[nH]c(C)c(C)c23)c1)S(=O)[O-]. The minimum absolute atomic E-state index is 0.0693. The van der Waals surface area contributed by atoms with Gasteiger partial charge in [-0.2, -0.15) is 0 Å². The highest BCUT2D eigenvalue weighted by atomic mass is 32.2. The summed E-state index contributed by atoms with van der Waals surface area (Å²) in [6, 6.07) is 7.64. The van der Waals surface area contributed by atoms with Gasteiger partial charge in [0, 0.05) is 22.8 Å². The van der Waals surface area contributed by atoms with E-state index in [9.17, 15) is 13.6 Å². The minimum atomic E-state index is -2.53. The summed E-state index contributed by atoms with van der Waals surface area (Å²) < 4.78 is 39.2. The zero-order valence-corrected chi connectivity index (χ0v) is 16.4. The molecular weight excluding hydrogens is 381 g/mol. The lowest BCUT2D eigenvalue weighted by molar-refractivity contribution is 0.100. The maximum atomic E-state index is 15.1. The number of nitrogens with zero attached hydrogens (tertiary/aromatic N) is 1. The lowest BCUT2D eigenvalue weighted by Gasteiger charge is -2.23. The van der Waals surface area contributed by atoms with Crippen molar-refractivity contribution in [2.75, 3.05) is 4.31 Å². The fourth-order valence-corrected chi connectivity index (χ4v) is 3.76. The standard InChI is InChI=1S/C20H20FN3O3S/c1-4-8-24(28(26)27)14-7-5-6-13(9-14)18-16(21)10-15(20(22)25)19-17(18)11(2)12(3)23-19/h4-10,23H,1-3H3,(H2,22,25)(H,26,27)/p-1. The number of aromatic nitrogens is 1. The first-order valence-corrected chi connectivity index (χ1v) is 9.52. The smallest absolute Gasteiger partial charge is 0.250 e. The van der Waals surface area contributed by atoms with Crippen molar-refractivity contribution in [3.05, 3.63) is 65.2 Å². The van der Waals surface area contributed by atoms with Crippen LogP contribution in [0.15, 0.2) is 42.6 Å². The van der Waals surface area contributed by atoms with Gasteiger partial charge in [-0.25, -0.2) is 4.39 Å². The van der Waals surface area contributed by atoms with Gasteiger partial charge in [-0.3, -0.25) is 13.3 Å². The van der Waals surface area contributed by atoms with Crippen molar-refractivity contribution in [3.8, 4) is 11.1 Å². The molecule has 1 aromatic heterocycles. The number of hydrogen-bond donors (Lipinski definition) is 2. The Labute approximate surface area is 164 Å². The van der Waals surface area contributed by atoms with Crippen LogP contribution in [0.2, 0.25) is 0 Å². The molecule has 8 heteroatoms. The summed E-state index contributed by atoms with van der Waals surface area (Å²) in [6.45, 7) is 5.35. The molecule has 1 unspecified atom stereocenters. The summed E-state index contributed by atoms with van der Waals surface area (Å²) in [5.41, 5.74) is 8.65. The van der Waals surface area contributed by atoms with E-state index in [0.717, 1.165) is 21.6 Å². The van der Waals surface area contributed by atoms with Gasteiger partial charge >= 0.3 is 0 Å². The quantitative estimate of drug-likeness (QED) is 0.636. The second-order valence-electron chi connectivity index (χ2n) is 6.35. The third-order valence-corrected chi connectivity index (χ3v) is 5.28. The molecule has 0 aliphatic heterocycles. The maximum Gasteiger partial charge on any atom is 0.250 e. The van der Waals surface area contributed by atoms with Crippen molar-refractivity contribution in [3.63, 3.8) is 0 Å². The summed E-state index contributed by atoms with van der Waals surface area (Å²) in [7, 11) is 0. The molecule has 0 bridgehead atoms. The highest BCUT2D eigenvalue weighted by molar-refractivity contribution is 7.80. The molecule has 0 aliphatic carbocycles. The van der Waals surface area contributed by atoms with Crippen LogP contribution in [0.5, 0.6) is 0 Å². The Balaban J connectivity index is 2.32. The van der Waals surface area contributed by atoms with Crippen molar-refractivity contribution in [2.45, 2.75) is 20.8 Å². The number of carbonyl (C=O) groups excluding carboxylic acids is 1. The highest BCUT2D eigenvalue weighted by Crippen LogP contribution is 2.38. The Kier molecular flexibility index (Phi) is 5.35. The summed E-state index contributed by atoms with van der Waals surface area (Å²) in [6.07, 6.45) is 2.98. The molecule has 2 aromatic carbocycles. The Morgan fingerprint density at radius 3 is 2.64 bits per heavy atom. The number of amides is 1. The second-order valence-corrected chi connectivity index (χ2v) is 7.17. The molecule has 0 saturated carbocycles. The van der Waals surface area contributed by atoms with E-state index in [1.165, 1.54) is 6.20 Å². The lowest BCUT2D eigenvalue weighted by Crippen LogP contribution is -2.18. The van der Waals surface area contributed by atoms with Gasteiger partial charge < -0.3 is 15.3 Å². The predicted molar refractivity (Wildman–Crippen MR) is 108 cm³/mol. The fraction of sp³-hybridized carbons (Fsp3) is 0.150. The van der Waals surface area contributed by atoms with E-state index in [1.54, 1.807) is 37.3 Å². The number of anilines is 1. The van der Waals surface area contributed by atoms with Gasteiger partial charge in [0.15, 0.2) is 0 Å². The Morgan fingerprint density at radius 2 is 2.04 bits per heavy atom. The van der Waals surface area contributed by atoms with Gasteiger partial charge in [0.1, 0.15) is 5.82 Å². The monoisotopic (exact) mass is 400 g/mol. The number of primary amides is 1. The molecule has 3 aromatic rings. The second kappa shape index (κ2) is 7.57. The van der Waals surface area contributed by atoms with Crippen molar-refractivity contribution in [1.82, 2.24) is 4.98 Å². The number of H-pyrrole nitrogens is 1. The Hall–Kier alpha value is -2.97. The molecule has 0 saturated heterocycles. The molecule has 0 fully saturated rings. The average Bonchev–Trinajstić information content (AvgIpc) is 2.93. The van der Waals surface area contributed by atoms with E-state index >= 15 is 4.39 Å². The first kappa shape index (κ1) is 19.8. The van der Waals surface area contributed by atoms with Crippen LogP contribution in [-0.2, 0) is 11.3 Å². The number of benzene rings is 2. The van der Waals surface area contributed by atoms with Crippen LogP contribution in [0.4, 0.5) is 10.1 Å². The lowest BCUT2D eigenvalue weighted by atomic mass is 9.95. The van der Waals surface area contributed by atoms with E-state index in [0.29, 0.717) is 22.2 Å². The van der Waals surface area contributed by atoms with Crippen LogP contribution >= 0.6 is 0 Å². The summed E-state index contributed by atoms with van der Waals surface area (Å²) >= 11 is -2.53.